The molecule has 7 nitrogen and oxygen atoms in total. The van der Waals surface area contributed by atoms with E-state index in [9.17, 15) is 0 Å². The number of allylic oxidation sites excluding steroid dienone is 4. The predicted octanol–water partition coefficient (Wildman–Crippen LogP) is 4.71. The number of hydrogen-bond donors (Lipinski definition) is 1. The lowest BCUT2D eigenvalue weighted by atomic mass is 9.98. The van der Waals surface area contributed by atoms with Crippen LogP contribution in [0.2, 0.25) is 5.02 Å². The Bertz CT molecular complexity index is 1220. The number of nitrogens with zero attached hydrogens (tertiary/aromatic N) is 4. The molecule has 1 aromatic carbocycles. The van der Waals surface area contributed by atoms with Gasteiger partial charge in [-0.1, -0.05) is 35.9 Å². The van der Waals surface area contributed by atoms with Crippen LogP contribution in [0.3, 0.4) is 0 Å². The molecule has 3 aliphatic heterocycles. The fourth-order valence-corrected chi connectivity index (χ4v) is 4.68. The number of rotatable bonds is 4. The molecule has 0 spiro atoms. The van der Waals surface area contributed by atoms with Crippen molar-refractivity contribution in [2.24, 2.45) is 5.73 Å². The van der Waals surface area contributed by atoms with E-state index in [1.807, 2.05) is 42.2 Å². The Kier molecular flexibility index (Phi) is 6.86. The standard InChI is InChI=1S/C26H27ClFN5O2/c1-2-18-13-22(28)20(17-14-30-26(31-15-17)32-8-11-34-12-9-32)16-33(18)24-23(29)7-10-35-25(24)19-5-3-4-6-21(19)27/h2-6,13-16,25H,7-12,29H2,1H3/b18-2-. The van der Waals surface area contributed by atoms with Gasteiger partial charge in [0.1, 0.15) is 11.9 Å². The summed E-state index contributed by atoms with van der Waals surface area (Å²) in [4.78, 5) is 12.9. The highest BCUT2D eigenvalue weighted by Crippen LogP contribution is 2.42. The molecule has 4 heterocycles. The van der Waals surface area contributed by atoms with E-state index in [1.165, 1.54) is 6.08 Å². The fourth-order valence-electron chi connectivity index (χ4n) is 4.44. The van der Waals surface area contributed by atoms with Crippen LogP contribution < -0.4 is 10.6 Å². The van der Waals surface area contributed by atoms with Crippen LogP contribution in [0.4, 0.5) is 10.3 Å². The Hall–Kier alpha value is -3.20. The number of hydrogen-bond acceptors (Lipinski definition) is 7. The van der Waals surface area contributed by atoms with E-state index in [2.05, 4.69) is 14.9 Å². The van der Waals surface area contributed by atoms with Crippen molar-refractivity contribution < 1.29 is 13.9 Å². The number of aromatic nitrogens is 2. The summed E-state index contributed by atoms with van der Waals surface area (Å²) in [5, 5.41) is 0.585. The minimum absolute atomic E-state index is 0.368. The van der Waals surface area contributed by atoms with Crippen molar-refractivity contribution in [1.29, 1.82) is 0 Å². The minimum Gasteiger partial charge on any atom is -0.400 e. The van der Waals surface area contributed by atoms with E-state index in [0.717, 1.165) is 24.4 Å². The molecular formula is C26H27ClFN5O2. The first-order valence-corrected chi connectivity index (χ1v) is 12.0. The summed E-state index contributed by atoms with van der Waals surface area (Å²) in [6, 6.07) is 7.53. The third kappa shape index (κ3) is 4.69. The van der Waals surface area contributed by atoms with Crippen molar-refractivity contribution in [2.45, 2.75) is 19.4 Å². The van der Waals surface area contributed by atoms with E-state index in [-0.39, 0.29) is 5.83 Å². The maximum absolute atomic E-state index is 15.3. The van der Waals surface area contributed by atoms with Gasteiger partial charge in [0, 0.05) is 71.2 Å². The summed E-state index contributed by atoms with van der Waals surface area (Å²) >= 11 is 6.51. The average molecular weight is 496 g/mol. The van der Waals surface area contributed by atoms with Crippen molar-refractivity contribution in [2.75, 3.05) is 37.8 Å². The second-order valence-electron chi connectivity index (χ2n) is 8.42. The van der Waals surface area contributed by atoms with E-state index in [4.69, 9.17) is 26.8 Å². The SMILES string of the molecule is C/C=C1/C=C(F)C(c2cnc(N3CCOCC3)nc2)=CN1C1=C(N)CCOC1c1ccccc1Cl. The van der Waals surface area contributed by atoms with Gasteiger partial charge in [-0.15, -0.1) is 0 Å². The van der Waals surface area contributed by atoms with Crippen LogP contribution >= 0.6 is 11.6 Å². The van der Waals surface area contributed by atoms with Crippen molar-refractivity contribution in [3.8, 4) is 0 Å². The molecule has 2 N–H and O–H groups in total. The Balaban J connectivity index is 1.52. The highest BCUT2D eigenvalue weighted by atomic mass is 35.5. The number of anilines is 1. The monoisotopic (exact) mass is 495 g/mol. The van der Waals surface area contributed by atoms with Gasteiger partial charge in [0.05, 0.1) is 25.5 Å². The molecule has 3 aliphatic rings. The van der Waals surface area contributed by atoms with E-state index in [0.29, 0.717) is 59.7 Å². The van der Waals surface area contributed by atoms with Gasteiger partial charge in [0.25, 0.3) is 0 Å². The van der Waals surface area contributed by atoms with Crippen LogP contribution in [-0.2, 0) is 9.47 Å². The van der Waals surface area contributed by atoms with Gasteiger partial charge in [-0.05, 0) is 19.1 Å². The summed E-state index contributed by atoms with van der Waals surface area (Å²) in [6.07, 6.45) is 8.44. The third-order valence-electron chi connectivity index (χ3n) is 6.29. The van der Waals surface area contributed by atoms with Crippen LogP contribution in [0, 0.1) is 0 Å². The summed E-state index contributed by atoms with van der Waals surface area (Å²) in [5.74, 6) is 0.234. The molecule has 182 valence electrons. The number of morpholine rings is 1. The van der Waals surface area contributed by atoms with Crippen LogP contribution in [-0.4, -0.2) is 47.8 Å². The summed E-state index contributed by atoms with van der Waals surface area (Å²) in [7, 11) is 0. The number of ether oxygens (including phenoxy) is 2. The highest BCUT2D eigenvalue weighted by Gasteiger charge is 2.33. The van der Waals surface area contributed by atoms with Gasteiger partial charge in [0.2, 0.25) is 5.95 Å². The number of benzene rings is 1. The zero-order valence-electron chi connectivity index (χ0n) is 19.5. The predicted molar refractivity (Wildman–Crippen MR) is 134 cm³/mol. The quantitative estimate of drug-likeness (QED) is 0.658. The molecule has 35 heavy (non-hydrogen) atoms. The second kappa shape index (κ2) is 10.2. The molecule has 9 heteroatoms. The van der Waals surface area contributed by atoms with Crippen LogP contribution in [0.15, 0.2) is 77.9 Å². The molecule has 1 atom stereocenters. The van der Waals surface area contributed by atoms with Gasteiger partial charge < -0.3 is 25.0 Å². The number of halogens is 2. The molecule has 1 unspecified atom stereocenters. The van der Waals surface area contributed by atoms with Crippen LogP contribution in [0.25, 0.3) is 5.57 Å². The molecule has 5 rings (SSSR count). The van der Waals surface area contributed by atoms with Gasteiger partial charge in [0.15, 0.2) is 0 Å². The lowest BCUT2D eigenvalue weighted by molar-refractivity contribution is 0.0519. The number of nitrogens with two attached hydrogens (primary N) is 1. The molecular weight excluding hydrogens is 469 g/mol. The van der Waals surface area contributed by atoms with Gasteiger partial charge in [-0.2, -0.15) is 0 Å². The summed E-state index contributed by atoms with van der Waals surface area (Å²) in [6.45, 7) is 5.06. The molecule has 0 aliphatic carbocycles. The zero-order valence-corrected chi connectivity index (χ0v) is 20.2. The third-order valence-corrected chi connectivity index (χ3v) is 6.63. The van der Waals surface area contributed by atoms with E-state index in [1.54, 1.807) is 18.6 Å². The topological polar surface area (TPSA) is 76.7 Å². The first-order chi connectivity index (χ1) is 17.1. The van der Waals surface area contributed by atoms with Crippen LogP contribution in [0.1, 0.15) is 30.6 Å². The van der Waals surface area contributed by atoms with Crippen molar-refractivity contribution in [3.63, 3.8) is 0 Å². The molecule has 2 aromatic rings. The molecule has 0 bridgehead atoms. The maximum Gasteiger partial charge on any atom is 0.225 e. The Morgan fingerprint density at radius 2 is 1.89 bits per heavy atom. The smallest absolute Gasteiger partial charge is 0.225 e. The summed E-state index contributed by atoms with van der Waals surface area (Å²) in [5.41, 5.74) is 10.3. The Morgan fingerprint density at radius 1 is 1.14 bits per heavy atom. The molecule has 1 aromatic heterocycles. The second-order valence-corrected chi connectivity index (χ2v) is 8.83. The van der Waals surface area contributed by atoms with Crippen molar-refractivity contribution in [1.82, 2.24) is 14.9 Å². The van der Waals surface area contributed by atoms with Gasteiger partial charge in [-0.3, -0.25) is 0 Å². The Labute approximate surface area is 209 Å². The Morgan fingerprint density at radius 3 is 2.60 bits per heavy atom. The molecule has 0 saturated carbocycles. The van der Waals surface area contributed by atoms with Crippen LogP contribution in [0.5, 0.6) is 0 Å². The largest absolute Gasteiger partial charge is 0.400 e. The zero-order chi connectivity index (χ0) is 24.4. The average Bonchev–Trinajstić information content (AvgIpc) is 2.89. The first kappa shape index (κ1) is 23.5. The molecule has 1 saturated heterocycles. The first-order valence-electron chi connectivity index (χ1n) is 11.6. The minimum atomic E-state index is -0.487. The van der Waals surface area contributed by atoms with E-state index >= 15 is 4.39 Å². The highest BCUT2D eigenvalue weighted by molar-refractivity contribution is 6.31. The summed E-state index contributed by atoms with van der Waals surface area (Å²) < 4.78 is 26.8. The van der Waals surface area contributed by atoms with Gasteiger partial charge in [-0.25, -0.2) is 14.4 Å². The van der Waals surface area contributed by atoms with Crippen molar-refractivity contribution in [3.05, 3.63) is 94.1 Å². The fraction of sp³-hybridized carbons (Fsp3) is 0.308. The molecule has 0 radical (unpaired) electrons. The lowest BCUT2D eigenvalue weighted by Crippen LogP contribution is -2.37. The van der Waals surface area contributed by atoms with E-state index < -0.39 is 6.10 Å². The van der Waals surface area contributed by atoms with Gasteiger partial charge >= 0.3 is 0 Å². The lowest BCUT2D eigenvalue weighted by Gasteiger charge is -2.37. The maximum atomic E-state index is 15.3. The van der Waals surface area contributed by atoms with Crippen molar-refractivity contribution >= 4 is 23.1 Å². The normalized spacial score (nSPS) is 22.4. The molecule has 1 fully saturated rings. The molecule has 0 amide bonds.